The normalized spacial score (nSPS) is 12.7. The molecule has 2 aromatic rings. The second kappa shape index (κ2) is 12.0. The van der Waals surface area contributed by atoms with Crippen molar-refractivity contribution in [2.45, 2.75) is 58.7 Å². The highest BCUT2D eigenvalue weighted by molar-refractivity contribution is 9.10. The van der Waals surface area contributed by atoms with Gasteiger partial charge >= 0.3 is 0 Å². The summed E-state index contributed by atoms with van der Waals surface area (Å²) >= 11 is 3.39. The van der Waals surface area contributed by atoms with Gasteiger partial charge in [-0.25, -0.2) is 12.8 Å². The molecule has 1 N–H and O–H groups in total. The molecule has 0 spiro atoms. The van der Waals surface area contributed by atoms with Crippen LogP contribution in [0.15, 0.2) is 53.0 Å². The molecular weight excluding hydrogens is 537 g/mol. The van der Waals surface area contributed by atoms with Gasteiger partial charge in [-0.1, -0.05) is 40.2 Å². The van der Waals surface area contributed by atoms with Crippen molar-refractivity contribution in [2.24, 2.45) is 0 Å². The van der Waals surface area contributed by atoms with Gasteiger partial charge in [-0.05, 0) is 63.9 Å². The molecule has 0 aliphatic rings. The molecular formula is C25H33BrFN3O4S. The standard InChI is InChI=1S/C25H33BrFN3O4S/c1-18(24(32)28-25(2,3)4)29(17-19-12-14-20(26)15-13-19)23(31)11-8-16-30(35(5,33)34)22-10-7-6-9-21(22)27/h6-7,9-10,12-15,18H,8,11,16-17H2,1-5H3,(H,28,32). The summed E-state index contributed by atoms with van der Waals surface area (Å²) < 4.78 is 40.7. The predicted octanol–water partition coefficient (Wildman–Crippen LogP) is 4.47. The highest BCUT2D eigenvalue weighted by Gasteiger charge is 2.29. The number of halogens is 2. The lowest BCUT2D eigenvalue weighted by atomic mass is 10.1. The van der Waals surface area contributed by atoms with Gasteiger partial charge in [-0.3, -0.25) is 13.9 Å². The molecule has 1 atom stereocenters. The lowest BCUT2D eigenvalue weighted by Crippen LogP contribution is -2.52. The topological polar surface area (TPSA) is 86.8 Å². The Labute approximate surface area is 215 Å². The zero-order chi connectivity index (χ0) is 26.4. The van der Waals surface area contributed by atoms with Crippen molar-refractivity contribution in [3.05, 3.63) is 64.4 Å². The fraction of sp³-hybridized carbons (Fsp3) is 0.440. The van der Waals surface area contributed by atoms with E-state index in [2.05, 4.69) is 21.2 Å². The van der Waals surface area contributed by atoms with Crippen molar-refractivity contribution in [3.8, 4) is 0 Å². The van der Waals surface area contributed by atoms with E-state index in [-0.39, 0.29) is 43.4 Å². The molecule has 0 heterocycles. The third-order valence-electron chi connectivity index (χ3n) is 5.20. The molecule has 7 nitrogen and oxygen atoms in total. The Morgan fingerprint density at radius 3 is 2.23 bits per heavy atom. The molecule has 0 aliphatic carbocycles. The van der Waals surface area contributed by atoms with Gasteiger partial charge in [-0.15, -0.1) is 0 Å². The number of para-hydroxylation sites is 1. The van der Waals surface area contributed by atoms with Crippen LogP contribution >= 0.6 is 15.9 Å². The van der Waals surface area contributed by atoms with Crippen LogP contribution < -0.4 is 9.62 Å². The first kappa shape index (κ1) is 28.8. The molecule has 2 amide bonds. The number of rotatable bonds is 10. The fourth-order valence-electron chi connectivity index (χ4n) is 3.48. The first-order chi connectivity index (χ1) is 16.2. The largest absolute Gasteiger partial charge is 0.350 e. The summed E-state index contributed by atoms with van der Waals surface area (Å²) in [5.41, 5.74) is 0.320. The van der Waals surface area contributed by atoms with Crippen LogP contribution in [0.25, 0.3) is 0 Å². The minimum absolute atomic E-state index is 0.00978. The third-order valence-corrected chi connectivity index (χ3v) is 6.91. The van der Waals surface area contributed by atoms with Crippen molar-refractivity contribution < 1.29 is 22.4 Å². The van der Waals surface area contributed by atoms with Crippen molar-refractivity contribution >= 4 is 43.5 Å². The Morgan fingerprint density at radius 2 is 1.69 bits per heavy atom. The van der Waals surface area contributed by atoms with Crippen LogP contribution in [-0.4, -0.2) is 49.5 Å². The number of hydrogen-bond donors (Lipinski definition) is 1. The van der Waals surface area contributed by atoms with Crippen LogP contribution in [-0.2, 0) is 26.2 Å². The van der Waals surface area contributed by atoms with Gasteiger partial charge in [0.05, 0.1) is 11.9 Å². The van der Waals surface area contributed by atoms with Crippen molar-refractivity contribution in [1.29, 1.82) is 0 Å². The van der Waals surface area contributed by atoms with Crippen LogP contribution in [0.3, 0.4) is 0 Å². The monoisotopic (exact) mass is 569 g/mol. The zero-order valence-electron chi connectivity index (χ0n) is 20.7. The van der Waals surface area contributed by atoms with Gasteiger partial charge in [0.2, 0.25) is 21.8 Å². The quantitative estimate of drug-likeness (QED) is 0.457. The molecule has 192 valence electrons. The van der Waals surface area contributed by atoms with Crippen LogP contribution in [0.2, 0.25) is 0 Å². The number of carbonyl (C=O) groups is 2. The number of nitrogens with zero attached hydrogens (tertiary/aromatic N) is 2. The molecule has 0 aliphatic heterocycles. The molecule has 1 unspecified atom stereocenters. The van der Waals surface area contributed by atoms with E-state index < -0.39 is 27.4 Å². The molecule has 2 aromatic carbocycles. The molecule has 0 saturated heterocycles. The van der Waals surface area contributed by atoms with E-state index in [0.717, 1.165) is 20.6 Å². The lowest BCUT2D eigenvalue weighted by molar-refractivity contribution is -0.141. The van der Waals surface area contributed by atoms with Crippen molar-refractivity contribution in [2.75, 3.05) is 17.1 Å². The molecule has 0 aromatic heterocycles. The number of carbonyl (C=O) groups excluding carboxylic acids is 2. The van der Waals surface area contributed by atoms with Crippen LogP contribution in [0.1, 0.15) is 46.1 Å². The summed E-state index contributed by atoms with van der Waals surface area (Å²) in [7, 11) is -3.76. The van der Waals surface area contributed by atoms with E-state index in [1.54, 1.807) is 13.0 Å². The predicted molar refractivity (Wildman–Crippen MR) is 140 cm³/mol. The third kappa shape index (κ3) is 8.92. The maximum atomic E-state index is 14.3. The van der Waals surface area contributed by atoms with E-state index in [1.807, 2.05) is 45.0 Å². The minimum Gasteiger partial charge on any atom is -0.350 e. The Hall–Kier alpha value is -2.46. The number of amides is 2. The minimum atomic E-state index is -3.76. The van der Waals surface area contributed by atoms with Gasteiger partial charge in [0, 0.05) is 29.5 Å². The second-order valence-corrected chi connectivity index (χ2v) is 12.3. The summed E-state index contributed by atoms with van der Waals surface area (Å²) in [6.45, 7) is 7.40. The lowest BCUT2D eigenvalue weighted by Gasteiger charge is -2.32. The zero-order valence-corrected chi connectivity index (χ0v) is 23.1. The Balaban J connectivity index is 2.19. The molecule has 0 fully saturated rings. The highest BCUT2D eigenvalue weighted by Crippen LogP contribution is 2.22. The van der Waals surface area contributed by atoms with Gasteiger partial charge in [0.15, 0.2) is 0 Å². The van der Waals surface area contributed by atoms with Gasteiger partial charge < -0.3 is 10.2 Å². The molecule has 2 rings (SSSR count). The smallest absolute Gasteiger partial charge is 0.242 e. The molecule has 0 radical (unpaired) electrons. The Kier molecular flexibility index (Phi) is 9.85. The molecule has 10 heteroatoms. The average molecular weight is 571 g/mol. The molecule has 35 heavy (non-hydrogen) atoms. The van der Waals surface area contributed by atoms with Crippen LogP contribution in [0.5, 0.6) is 0 Å². The van der Waals surface area contributed by atoms with Crippen LogP contribution in [0.4, 0.5) is 10.1 Å². The van der Waals surface area contributed by atoms with E-state index in [9.17, 15) is 22.4 Å². The maximum Gasteiger partial charge on any atom is 0.242 e. The summed E-state index contributed by atoms with van der Waals surface area (Å²) in [4.78, 5) is 27.6. The van der Waals surface area contributed by atoms with E-state index in [0.29, 0.717) is 0 Å². The van der Waals surface area contributed by atoms with E-state index in [1.165, 1.54) is 23.1 Å². The fourth-order valence-corrected chi connectivity index (χ4v) is 4.71. The Bertz CT molecular complexity index is 1130. The van der Waals surface area contributed by atoms with Crippen LogP contribution in [0, 0.1) is 5.82 Å². The van der Waals surface area contributed by atoms with E-state index in [4.69, 9.17) is 0 Å². The first-order valence-corrected chi connectivity index (χ1v) is 13.9. The van der Waals surface area contributed by atoms with Crippen molar-refractivity contribution in [1.82, 2.24) is 10.2 Å². The highest BCUT2D eigenvalue weighted by atomic mass is 79.9. The first-order valence-electron chi connectivity index (χ1n) is 11.3. The Morgan fingerprint density at radius 1 is 1.09 bits per heavy atom. The number of nitrogens with one attached hydrogen (secondary N) is 1. The second-order valence-electron chi connectivity index (χ2n) is 9.45. The summed E-state index contributed by atoms with van der Waals surface area (Å²) in [6.07, 6.45) is 1.15. The number of sulfonamides is 1. The van der Waals surface area contributed by atoms with Gasteiger partial charge in [0.25, 0.3) is 0 Å². The van der Waals surface area contributed by atoms with E-state index >= 15 is 0 Å². The number of hydrogen-bond acceptors (Lipinski definition) is 4. The molecule has 0 saturated carbocycles. The number of anilines is 1. The van der Waals surface area contributed by atoms with Gasteiger partial charge in [0.1, 0.15) is 11.9 Å². The summed E-state index contributed by atoms with van der Waals surface area (Å²) in [5.74, 6) is -1.24. The summed E-state index contributed by atoms with van der Waals surface area (Å²) in [5, 5.41) is 2.90. The average Bonchev–Trinajstić information content (AvgIpc) is 2.74. The van der Waals surface area contributed by atoms with Crippen molar-refractivity contribution in [3.63, 3.8) is 0 Å². The maximum absolute atomic E-state index is 14.3. The number of benzene rings is 2. The SMILES string of the molecule is CC(C(=O)NC(C)(C)C)N(Cc1ccc(Br)cc1)C(=O)CCCN(c1ccccc1F)S(C)(=O)=O. The van der Waals surface area contributed by atoms with Gasteiger partial charge in [-0.2, -0.15) is 0 Å². The molecule has 0 bridgehead atoms. The summed E-state index contributed by atoms with van der Waals surface area (Å²) in [6, 6.07) is 12.3.